The van der Waals surface area contributed by atoms with Gasteiger partial charge in [-0.1, -0.05) is 0 Å². The molecule has 0 unspecified atom stereocenters. The lowest BCUT2D eigenvalue weighted by atomic mass is 10.2. The lowest BCUT2D eigenvalue weighted by molar-refractivity contribution is 0.0696. The van der Waals surface area contributed by atoms with Crippen molar-refractivity contribution in [3.8, 4) is 11.6 Å². The van der Waals surface area contributed by atoms with Crippen molar-refractivity contribution in [2.75, 3.05) is 6.26 Å². The van der Waals surface area contributed by atoms with E-state index < -0.39 is 15.8 Å². The third-order valence-electron chi connectivity index (χ3n) is 3.09. The Bertz CT molecular complexity index is 947. The minimum absolute atomic E-state index is 0.0243. The molecule has 0 atom stereocenters. The molecule has 0 saturated heterocycles. The van der Waals surface area contributed by atoms with Crippen molar-refractivity contribution in [1.29, 1.82) is 0 Å². The average molecular weight is 352 g/mol. The zero-order valence-electron chi connectivity index (χ0n) is 13.3. The Hall–Kier alpha value is -2.68. The van der Waals surface area contributed by atoms with Crippen LogP contribution in [0.5, 0.6) is 11.6 Å². The van der Waals surface area contributed by atoms with Gasteiger partial charge in [0.15, 0.2) is 9.84 Å². The highest BCUT2D eigenvalue weighted by molar-refractivity contribution is 7.90. The Balaban J connectivity index is 2.52. The molecule has 1 aromatic carbocycles. The average Bonchev–Trinajstić information content (AvgIpc) is 2.48. The van der Waals surface area contributed by atoms with Gasteiger partial charge in [-0.15, -0.1) is 5.10 Å². The Morgan fingerprint density at radius 1 is 1.25 bits per heavy atom. The predicted octanol–water partition coefficient (Wildman–Crippen LogP) is 1.72. The first-order valence-corrected chi connectivity index (χ1v) is 8.84. The molecule has 0 aliphatic rings. The molecule has 1 heterocycles. The number of aromatic carboxylic acids is 1. The van der Waals surface area contributed by atoms with Gasteiger partial charge in [0.1, 0.15) is 10.6 Å². The van der Waals surface area contributed by atoms with Crippen LogP contribution in [0.4, 0.5) is 0 Å². The molecule has 24 heavy (non-hydrogen) atoms. The minimum atomic E-state index is -3.73. The van der Waals surface area contributed by atoms with Crippen LogP contribution < -0.4 is 10.3 Å². The van der Waals surface area contributed by atoms with E-state index in [9.17, 15) is 18.0 Å². The number of carboxylic acid groups (broad SMARTS) is 1. The number of hydrogen-bond acceptors (Lipinski definition) is 6. The smallest absolute Gasteiger partial charge is 0.335 e. The summed E-state index contributed by atoms with van der Waals surface area (Å²) in [4.78, 5) is 22.4. The van der Waals surface area contributed by atoms with E-state index in [0.717, 1.165) is 12.3 Å². The van der Waals surface area contributed by atoms with E-state index in [0.29, 0.717) is 0 Å². The van der Waals surface area contributed by atoms with E-state index in [4.69, 9.17) is 9.84 Å². The first-order chi connectivity index (χ1) is 11.1. The van der Waals surface area contributed by atoms with Crippen LogP contribution in [0.3, 0.4) is 0 Å². The van der Waals surface area contributed by atoms with E-state index in [-0.39, 0.29) is 33.7 Å². The lowest BCUT2D eigenvalue weighted by Gasteiger charge is -2.12. The number of carbonyl (C=O) groups is 1. The lowest BCUT2D eigenvalue weighted by Crippen LogP contribution is -2.23. The topological polar surface area (TPSA) is 116 Å². The van der Waals surface area contributed by atoms with Crippen LogP contribution in [0.2, 0.25) is 0 Å². The molecule has 0 radical (unpaired) electrons. The number of nitrogens with zero attached hydrogens (tertiary/aromatic N) is 2. The Morgan fingerprint density at radius 2 is 1.92 bits per heavy atom. The van der Waals surface area contributed by atoms with Gasteiger partial charge in [-0.05, 0) is 32.0 Å². The van der Waals surface area contributed by atoms with Crippen LogP contribution in [0, 0.1) is 0 Å². The van der Waals surface area contributed by atoms with E-state index in [1.54, 1.807) is 13.8 Å². The van der Waals surface area contributed by atoms with Gasteiger partial charge in [0.2, 0.25) is 5.88 Å². The second kappa shape index (κ2) is 6.44. The molecule has 0 amide bonds. The van der Waals surface area contributed by atoms with E-state index in [2.05, 4.69) is 5.10 Å². The first-order valence-electron chi connectivity index (χ1n) is 6.94. The molecular formula is C15H16N2O6S. The fraction of sp³-hybridized carbons (Fsp3) is 0.267. The first kappa shape index (κ1) is 17.7. The standard InChI is InChI=1S/C15H16N2O6S/c1-9(2)17-14(18)7-6-13(16-17)23-11-5-4-10(15(19)20)8-12(11)24(3,21)22/h4-9H,1-3H3,(H,19,20). The summed E-state index contributed by atoms with van der Waals surface area (Å²) in [5, 5.41) is 13.0. The summed E-state index contributed by atoms with van der Waals surface area (Å²) in [6, 6.07) is 5.86. The monoisotopic (exact) mass is 352 g/mol. The number of aromatic nitrogens is 2. The summed E-state index contributed by atoms with van der Waals surface area (Å²) in [6.07, 6.45) is 0.948. The van der Waals surface area contributed by atoms with Crippen molar-refractivity contribution in [3.05, 3.63) is 46.2 Å². The van der Waals surface area contributed by atoms with Gasteiger partial charge >= 0.3 is 5.97 Å². The maximum atomic E-state index is 11.9. The second-order valence-electron chi connectivity index (χ2n) is 5.39. The summed E-state index contributed by atoms with van der Waals surface area (Å²) in [7, 11) is -3.73. The molecule has 0 spiro atoms. The van der Waals surface area contributed by atoms with Crippen molar-refractivity contribution < 1.29 is 23.1 Å². The van der Waals surface area contributed by atoms with Gasteiger partial charge in [0, 0.05) is 18.4 Å². The van der Waals surface area contributed by atoms with Crippen LogP contribution in [-0.4, -0.2) is 35.5 Å². The summed E-state index contributed by atoms with van der Waals surface area (Å²) in [5.74, 6) is -1.29. The van der Waals surface area contributed by atoms with Crippen LogP contribution >= 0.6 is 0 Å². The number of hydrogen-bond donors (Lipinski definition) is 1. The molecular weight excluding hydrogens is 336 g/mol. The Morgan fingerprint density at radius 3 is 2.46 bits per heavy atom. The SMILES string of the molecule is CC(C)n1nc(Oc2ccc(C(=O)O)cc2S(C)(=O)=O)ccc1=O. The minimum Gasteiger partial charge on any atom is -0.478 e. The highest BCUT2D eigenvalue weighted by Crippen LogP contribution is 2.28. The van der Waals surface area contributed by atoms with Crippen molar-refractivity contribution in [1.82, 2.24) is 9.78 Å². The second-order valence-corrected chi connectivity index (χ2v) is 7.37. The number of carboxylic acids is 1. The number of ether oxygens (including phenoxy) is 1. The van der Waals surface area contributed by atoms with E-state index in [1.165, 1.54) is 28.9 Å². The summed E-state index contributed by atoms with van der Waals surface area (Å²) in [6.45, 7) is 3.53. The molecule has 8 nitrogen and oxygen atoms in total. The molecule has 128 valence electrons. The zero-order chi connectivity index (χ0) is 18.1. The van der Waals surface area contributed by atoms with Gasteiger partial charge in [-0.25, -0.2) is 17.9 Å². The summed E-state index contributed by atoms with van der Waals surface area (Å²) >= 11 is 0. The molecule has 1 N–H and O–H groups in total. The van der Waals surface area contributed by atoms with Gasteiger partial charge in [-0.2, -0.15) is 0 Å². The quantitative estimate of drug-likeness (QED) is 0.871. The van der Waals surface area contributed by atoms with Crippen molar-refractivity contribution >= 4 is 15.8 Å². The van der Waals surface area contributed by atoms with Crippen molar-refractivity contribution in [2.45, 2.75) is 24.8 Å². The van der Waals surface area contributed by atoms with Gasteiger partial charge in [-0.3, -0.25) is 4.79 Å². The van der Waals surface area contributed by atoms with Crippen LogP contribution in [-0.2, 0) is 9.84 Å². The van der Waals surface area contributed by atoms with Gasteiger partial charge in [0.05, 0.1) is 11.6 Å². The highest BCUT2D eigenvalue weighted by atomic mass is 32.2. The van der Waals surface area contributed by atoms with Crippen LogP contribution in [0.25, 0.3) is 0 Å². The van der Waals surface area contributed by atoms with Crippen LogP contribution in [0.1, 0.15) is 30.2 Å². The van der Waals surface area contributed by atoms with Crippen molar-refractivity contribution in [2.24, 2.45) is 0 Å². The van der Waals surface area contributed by atoms with E-state index >= 15 is 0 Å². The number of benzene rings is 1. The number of sulfone groups is 1. The molecule has 1 aromatic heterocycles. The molecule has 0 saturated carbocycles. The number of rotatable bonds is 5. The molecule has 0 bridgehead atoms. The van der Waals surface area contributed by atoms with Crippen LogP contribution in [0.15, 0.2) is 40.0 Å². The summed E-state index contributed by atoms with van der Waals surface area (Å²) in [5.41, 5.74) is -0.496. The predicted molar refractivity (Wildman–Crippen MR) is 85.5 cm³/mol. The molecule has 2 aromatic rings. The molecule has 2 rings (SSSR count). The summed E-state index contributed by atoms with van der Waals surface area (Å²) < 4.78 is 30.5. The zero-order valence-corrected chi connectivity index (χ0v) is 14.1. The molecule has 0 fully saturated rings. The molecule has 0 aliphatic heterocycles. The Kier molecular flexibility index (Phi) is 4.74. The fourth-order valence-electron chi connectivity index (χ4n) is 1.96. The highest BCUT2D eigenvalue weighted by Gasteiger charge is 2.19. The third-order valence-corrected chi connectivity index (χ3v) is 4.21. The third kappa shape index (κ3) is 3.80. The molecule has 0 aliphatic carbocycles. The van der Waals surface area contributed by atoms with Crippen molar-refractivity contribution in [3.63, 3.8) is 0 Å². The maximum Gasteiger partial charge on any atom is 0.335 e. The Labute approximate surface area is 138 Å². The fourth-order valence-corrected chi connectivity index (χ4v) is 2.78. The van der Waals surface area contributed by atoms with E-state index in [1.807, 2.05) is 0 Å². The molecule has 9 heteroatoms. The van der Waals surface area contributed by atoms with Gasteiger partial charge < -0.3 is 9.84 Å². The maximum absolute atomic E-state index is 11.9. The van der Waals surface area contributed by atoms with Gasteiger partial charge in [0.25, 0.3) is 5.56 Å². The largest absolute Gasteiger partial charge is 0.478 e. The normalized spacial score (nSPS) is 11.5.